The molecule has 0 aromatic carbocycles. The number of pyridine rings is 1. The molecule has 3 nitrogen and oxygen atoms in total. The number of nitrogens with zero attached hydrogens (tertiary/aromatic N) is 1. The van der Waals surface area contributed by atoms with Crippen LogP contribution < -0.4 is 5.32 Å². The van der Waals surface area contributed by atoms with Crippen LogP contribution in [0.4, 0.5) is 0 Å². The summed E-state index contributed by atoms with van der Waals surface area (Å²) < 4.78 is 0. The fraction of sp³-hybridized carbons (Fsp3) is 0.455. The topological polar surface area (TPSA) is 42.0 Å². The average molecular weight is 227 g/mol. The van der Waals surface area contributed by atoms with Crippen molar-refractivity contribution in [3.8, 4) is 0 Å². The van der Waals surface area contributed by atoms with E-state index in [1.54, 1.807) is 6.07 Å². The first-order valence-electron chi connectivity index (χ1n) is 4.79. The molecule has 0 aliphatic rings. The highest BCUT2D eigenvalue weighted by Gasteiger charge is 2.20. The molecule has 15 heavy (non-hydrogen) atoms. The number of amides is 1. The molecule has 1 aromatic rings. The largest absolute Gasteiger partial charge is 0.350 e. The Labute approximate surface area is 94.9 Å². The molecule has 1 aromatic heterocycles. The van der Waals surface area contributed by atoms with Crippen molar-refractivity contribution in [2.24, 2.45) is 5.41 Å². The van der Waals surface area contributed by atoms with Gasteiger partial charge in [-0.1, -0.05) is 38.4 Å². The van der Waals surface area contributed by atoms with Crippen LogP contribution in [0.25, 0.3) is 0 Å². The molecule has 1 rings (SSSR count). The number of nitrogens with one attached hydrogen (secondary N) is 1. The second kappa shape index (κ2) is 4.62. The zero-order valence-electron chi connectivity index (χ0n) is 9.17. The van der Waals surface area contributed by atoms with Crippen LogP contribution in [0.1, 0.15) is 26.5 Å². The van der Waals surface area contributed by atoms with Crippen molar-refractivity contribution in [1.82, 2.24) is 10.3 Å². The lowest BCUT2D eigenvalue weighted by Crippen LogP contribution is -2.34. The Kier molecular flexibility index (Phi) is 3.69. The standard InChI is InChI=1S/C11H15ClN2O/c1-11(2,3)10(15)13-7-8-5-4-6-9(12)14-8/h4-6H,7H2,1-3H3,(H,13,15). The molecule has 0 spiro atoms. The normalized spacial score (nSPS) is 11.2. The summed E-state index contributed by atoms with van der Waals surface area (Å²) in [5, 5.41) is 3.25. The minimum Gasteiger partial charge on any atom is -0.350 e. The van der Waals surface area contributed by atoms with Crippen LogP contribution >= 0.6 is 11.6 Å². The van der Waals surface area contributed by atoms with Crippen LogP contribution in [0.2, 0.25) is 5.15 Å². The van der Waals surface area contributed by atoms with E-state index in [1.165, 1.54) is 0 Å². The third-order valence-electron chi connectivity index (χ3n) is 1.88. The van der Waals surface area contributed by atoms with Gasteiger partial charge < -0.3 is 5.32 Å². The van der Waals surface area contributed by atoms with Crippen molar-refractivity contribution in [2.45, 2.75) is 27.3 Å². The fourth-order valence-corrected chi connectivity index (χ4v) is 1.17. The van der Waals surface area contributed by atoms with Gasteiger partial charge in [-0.3, -0.25) is 4.79 Å². The number of halogens is 1. The summed E-state index contributed by atoms with van der Waals surface area (Å²) in [4.78, 5) is 15.6. The molecule has 82 valence electrons. The van der Waals surface area contributed by atoms with Gasteiger partial charge in [0.15, 0.2) is 0 Å². The van der Waals surface area contributed by atoms with Gasteiger partial charge in [0.25, 0.3) is 0 Å². The van der Waals surface area contributed by atoms with E-state index in [0.29, 0.717) is 11.7 Å². The Morgan fingerprint density at radius 1 is 1.47 bits per heavy atom. The summed E-state index contributed by atoms with van der Waals surface area (Å²) in [6.07, 6.45) is 0. The van der Waals surface area contributed by atoms with Gasteiger partial charge in [-0.15, -0.1) is 0 Å². The summed E-state index contributed by atoms with van der Waals surface area (Å²) in [6.45, 7) is 6.02. The molecule has 0 atom stereocenters. The number of hydrogen-bond acceptors (Lipinski definition) is 2. The van der Waals surface area contributed by atoms with E-state index in [2.05, 4.69) is 10.3 Å². The Balaban J connectivity index is 2.55. The van der Waals surface area contributed by atoms with Crippen molar-refractivity contribution in [1.29, 1.82) is 0 Å². The van der Waals surface area contributed by atoms with Crippen molar-refractivity contribution in [3.05, 3.63) is 29.0 Å². The van der Waals surface area contributed by atoms with E-state index in [9.17, 15) is 4.79 Å². The lowest BCUT2D eigenvalue weighted by Gasteiger charge is -2.17. The highest BCUT2D eigenvalue weighted by Crippen LogP contribution is 2.13. The molecule has 0 saturated heterocycles. The van der Waals surface area contributed by atoms with Gasteiger partial charge in [0.05, 0.1) is 12.2 Å². The monoisotopic (exact) mass is 226 g/mol. The first-order valence-corrected chi connectivity index (χ1v) is 5.17. The molecular formula is C11H15ClN2O. The lowest BCUT2D eigenvalue weighted by molar-refractivity contribution is -0.128. The zero-order valence-corrected chi connectivity index (χ0v) is 9.93. The zero-order chi connectivity index (χ0) is 11.5. The first-order chi connectivity index (χ1) is 6.89. The molecule has 1 heterocycles. The number of aromatic nitrogens is 1. The van der Waals surface area contributed by atoms with Crippen molar-refractivity contribution in [3.63, 3.8) is 0 Å². The lowest BCUT2D eigenvalue weighted by atomic mass is 9.96. The maximum absolute atomic E-state index is 11.6. The van der Waals surface area contributed by atoms with Gasteiger partial charge in [-0.05, 0) is 12.1 Å². The smallest absolute Gasteiger partial charge is 0.225 e. The molecule has 0 aliphatic carbocycles. The van der Waals surface area contributed by atoms with Gasteiger partial charge in [0.1, 0.15) is 5.15 Å². The van der Waals surface area contributed by atoms with E-state index in [1.807, 2.05) is 32.9 Å². The predicted molar refractivity (Wildman–Crippen MR) is 60.5 cm³/mol. The third-order valence-corrected chi connectivity index (χ3v) is 2.09. The Bertz CT molecular complexity index is 358. The van der Waals surface area contributed by atoms with Crippen LogP contribution in [0.5, 0.6) is 0 Å². The van der Waals surface area contributed by atoms with Crippen molar-refractivity contribution >= 4 is 17.5 Å². The molecule has 1 N–H and O–H groups in total. The van der Waals surface area contributed by atoms with E-state index < -0.39 is 0 Å². The van der Waals surface area contributed by atoms with Gasteiger partial charge in [0, 0.05) is 5.41 Å². The number of rotatable bonds is 2. The maximum Gasteiger partial charge on any atom is 0.225 e. The second-order valence-corrected chi connectivity index (χ2v) is 4.77. The van der Waals surface area contributed by atoms with E-state index >= 15 is 0 Å². The highest BCUT2D eigenvalue weighted by molar-refractivity contribution is 6.29. The summed E-state index contributed by atoms with van der Waals surface area (Å²) >= 11 is 5.73. The summed E-state index contributed by atoms with van der Waals surface area (Å²) in [7, 11) is 0. The molecule has 0 unspecified atom stereocenters. The summed E-state index contributed by atoms with van der Waals surface area (Å²) in [5.41, 5.74) is 0.388. The van der Waals surface area contributed by atoms with Crippen molar-refractivity contribution in [2.75, 3.05) is 0 Å². The molecule has 0 saturated carbocycles. The van der Waals surface area contributed by atoms with Gasteiger partial charge in [-0.2, -0.15) is 0 Å². The highest BCUT2D eigenvalue weighted by atomic mass is 35.5. The van der Waals surface area contributed by atoms with Gasteiger partial charge in [0.2, 0.25) is 5.91 Å². The Morgan fingerprint density at radius 2 is 2.13 bits per heavy atom. The molecule has 4 heteroatoms. The molecule has 1 amide bonds. The Morgan fingerprint density at radius 3 is 2.67 bits per heavy atom. The van der Waals surface area contributed by atoms with Crippen molar-refractivity contribution < 1.29 is 4.79 Å². The summed E-state index contributed by atoms with van der Waals surface area (Å²) in [6, 6.07) is 5.35. The number of carbonyl (C=O) groups is 1. The Hall–Kier alpha value is -1.09. The van der Waals surface area contributed by atoms with Crippen LogP contribution in [0.3, 0.4) is 0 Å². The molecule has 0 bridgehead atoms. The van der Waals surface area contributed by atoms with Crippen LogP contribution in [0, 0.1) is 5.41 Å². The van der Waals surface area contributed by atoms with E-state index in [-0.39, 0.29) is 11.3 Å². The van der Waals surface area contributed by atoms with E-state index in [4.69, 9.17) is 11.6 Å². The SMILES string of the molecule is CC(C)(C)C(=O)NCc1cccc(Cl)n1. The minimum atomic E-state index is -0.376. The average Bonchev–Trinajstić information content (AvgIpc) is 2.12. The van der Waals surface area contributed by atoms with E-state index in [0.717, 1.165) is 5.69 Å². The van der Waals surface area contributed by atoms with Crippen LogP contribution in [-0.4, -0.2) is 10.9 Å². The predicted octanol–water partition coefficient (Wildman–Crippen LogP) is 2.40. The maximum atomic E-state index is 11.6. The van der Waals surface area contributed by atoms with Gasteiger partial charge in [-0.25, -0.2) is 4.98 Å². The molecule has 0 aliphatic heterocycles. The van der Waals surface area contributed by atoms with Crippen LogP contribution in [-0.2, 0) is 11.3 Å². The first kappa shape index (κ1) is 12.0. The van der Waals surface area contributed by atoms with Gasteiger partial charge >= 0.3 is 0 Å². The number of carbonyl (C=O) groups excluding carboxylic acids is 1. The molecular weight excluding hydrogens is 212 g/mol. The summed E-state index contributed by atoms with van der Waals surface area (Å²) in [5.74, 6) is 0.00396. The molecule has 0 radical (unpaired) electrons. The molecule has 0 fully saturated rings. The minimum absolute atomic E-state index is 0.00396. The second-order valence-electron chi connectivity index (χ2n) is 4.38. The quantitative estimate of drug-likeness (QED) is 0.787. The third kappa shape index (κ3) is 3.88. The van der Waals surface area contributed by atoms with Crippen LogP contribution in [0.15, 0.2) is 18.2 Å². The fourth-order valence-electron chi connectivity index (χ4n) is 0.985. The number of hydrogen-bond donors (Lipinski definition) is 1.